The minimum Gasteiger partial charge on any atom is -0.479 e. The number of carbonyl (C=O) groups excluding carboxylic acids is 2. The van der Waals surface area contributed by atoms with E-state index in [2.05, 4.69) is 10.6 Å². The molecule has 0 spiro atoms. The number of ether oxygens (including phenoxy) is 1. The zero-order chi connectivity index (χ0) is 22.5. The molecule has 3 aromatic rings. The summed E-state index contributed by atoms with van der Waals surface area (Å²) in [5, 5.41) is 14.2. The molecule has 7 heteroatoms. The molecule has 0 saturated carbocycles. The zero-order valence-electron chi connectivity index (χ0n) is 17.2. The molecule has 2 amide bonds. The topological polar surface area (TPSA) is 105 Å². The maximum absolute atomic E-state index is 12.2. The molecule has 0 aliphatic heterocycles. The molecule has 3 aromatic carbocycles. The van der Waals surface area contributed by atoms with Crippen molar-refractivity contribution in [2.75, 3.05) is 13.2 Å². The van der Waals surface area contributed by atoms with Gasteiger partial charge in [0.05, 0.1) is 0 Å². The summed E-state index contributed by atoms with van der Waals surface area (Å²) in [4.78, 5) is 35.9. The number of aliphatic carboxylic acids is 1. The third kappa shape index (κ3) is 4.46. The molecule has 0 bridgehead atoms. The average molecular weight is 430 g/mol. The summed E-state index contributed by atoms with van der Waals surface area (Å²) >= 11 is 0. The molecular weight excluding hydrogens is 408 g/mol. The van der Waals surface area contributed by atoms with Crippen molar-refractivity contribution < 1.29 is 24.2 Å². The number of amides is 2. The average Bonchev–Trinajstić information content (AvgIpc) is 3.14. The number of rotatable bonds is 7. The Labute approximate surface area is 185 Å². The molecule has 0 saturated heterocycles. The third-order valence-electron chi connectivity index (χ3n) is 5.42. The van der Waals surface area contributed by atoms with Gasteiger partial charge < -0.3 is 20.5 Å². The van der Waals surface area contributed by atoms with Gasteiger partial charge >= 0.3 is 12.1 Å². The number of carboxylic acids is 1. The number of benzene rings is 3. The van der Waals surface area contributed by atoms with Crippen LogP contribution in [0.4, 0.5) is 4.79 Å². The van der Waals surface area contributed by atoms with E-state index in [1.54, 1.807) is 30.3 Å². The van der Waals surface area contributed by atoms with Crippen LogP contribution in [0, 0.1) is 0 Å². The minimum absolute atomic E-state index is 0.0866. The number of hydrogen-bond acceptors (Lipinski definition) is 4. The van der Waals surface area contributed by atoms with Crippen molar-refractivity contribution in [1.29, 1.82) is 0 Å². The van der Waals surface area contributed by atoms with Crippen LogP contribution in [-0.4, -0.2) is 36.2 Å². The van der Waals surface area contributed by atoms with Gasteiger partial charge in [-0.1, -0.05) is 78.9 Å². The highest BCUT2D eigenvalue weighted by Crippen LogP contribution is 2.44. The van der Waals surface area contributed by atoms with E-state index in [9.17, 15) is 19.5 Å². The summed E-state index contributed by atoms with van der Waals surface area (Å²) in [7, 11) is 0. The molecule has 7 nitrogen and oxygen atoms in total. The van der Waals surface area contributed by atoms with Crippen LogP contribution < -0.4 is 10.6 Å². The van der Waals surface area contributed by atoms with Crippen molar-refractivity contribution >= 4 is 18.0 Å². The quantitative estimate of drug-likeness (QED) is 0.532. The molecule has 0 heterocycles. The lowest BCUT2D eigenvalue weighted by atomic mass is 9.98. The summed E-state index contributed by atoms with van der Waals surface area (Å²) in [6.07, 6.45) is -0.742. The van der Waals surface area contributed by atoms with E-state index in [0.29, 0.717) is 5.56 Å². The van der Waals surface area contributed by atoms with Gasteiger partial charge in [-0.3, -0.25) is 4.79 Å². The van der Waals surface area contributed by atoms with Gasteiger partial charge in [0, 0.05) is 5.92 Å². The maximum atomic E-state index is 12.2. The molecule has 162 valence electrons. The largest absolute Gasteiger partial charge is 0.479 e. The zero-order valence-corrected chi connectivity index (χ0v) is 17.2. The molecule has 4 rings (SSSR count). The number of fused-ring (bicyclic) bond motifs is 3. The van der Waals surface area contributed by atoms with Gasteiger partial charge in [0.1, 0.15) is 13.2 Å². The summed E-state index contributed by atoms with van der Waals surface area (Å²) in [5.41, 5.74) is 4.86. The second-order valence-electron chi connectivity index (χ2n) is 7.43. The smallest absolute Gasteiger partial charge is 0.407 e. The normalized spacial score (nSPS) is 12.9. The molecule has 1 aliphatic rings. The Kier molecular flexibility index (Phi) is 6.17. The van der Waals surface area contributed by atoms with Crippen molar-refractivity contribution in [3.63, 3.8) is 0 Å². The molecule has 1 unspecified atom stereocenters. The van der Waals surface area contributed by atoms with E-state index >= 15 is 0 Å². The predicted octanol–water partition coefficient (Wildman–Crippen LogP) is 3.47. The van der Waals surface area contributed by atoms with Gasteiger partial charge in [0.2, 0.25) is 5.91 Å². The molecule has 3 N–H and O–H groups in total. The van der Waals surface area contributed by atoms with E-state index < -0.39 is 30.6 Å². The first-order valence-corrected chi connectivity index (χ1v) is 10.2. The van der Waals surface area contributed by atoms with Crippen LogP contribution >= 0.6 is 0 Å². The van der Waals surface area contributed by atoms with Crippen molar-refractivity contribution in [2.45, 2.75) is 12.0 Å². The van der Waals surface area contributed by atoms with Crippen LogP contribution in [-0.2, 0) is 14.3 Å². The molecule has 0 radical (unpaired) electrons. The molecule has 1 atom stereocenters. The van der Waals surface area contributed by atoms with Crippen molar-refractivity contribution in [1.82, 2.24) is 10.6 Å². The van der Waals surface area contributed by atoms with Crippen LogP contribution in [0.1, 0.15) is 28.7 Å². The molecule has 1 aliphatic carbocycles. The number of carbonyl (C=O) groups is 3. The SMILES string of the molecule is O=C(CNC(=O)OCC1c2ccccc2-c2ccccc21)NC(C(=O)O)c1ccccc1. The summed E-state index contributed by atoms with van der Waals surface area (Å²) < 4.78 is 5.38. The molecule has 0 fully saturated rings. The van der Waals surface area contributed by atoms with Gasteiger partial charge in [-0.05, 0) is 27.8 Å². The number of nitrogens with one attached hydrogen (secondary N) is 2. The monoisotopic (exact) mass is 430 g/mol. The Bertz CT molecular complexity index is 1100. The highest BCUT2D eigenvalue weighted by atomic mass is 16.5. The first kappa shape index (κ1) is 21.1. The number of alkyl carbamates (subject to hydrolysis) is 1. The second kappa shape index (κ2) is 9.34. The Hall–Kier alpha value is -4.13. The predicted molar refractivity (Wildman–Crippen MR) is 118 cm³/mol. The first-order valence-electron chi connectivity index (χ1n) is 10.2. The lowest BCUT2D eigenvalue weighted by molar-refractivity contribution is -0.141. The Balaban J connectivity index is 1.32. The van der Waals surface area contributed by atoms with Crippen molar-refractivity contribution in [3.05, 3.63) is 95.6 Å². The highest BCUT2D eigenvalue weighted by molar-refractivity contribution is 5.87. The van der Waals surface area contributed by atoms with E-state index in [1.165, 1.54) is 0 Å². The van der Waals surface area contributed by atoms with E-state index in [1.807, 2.05) is 48.5 Å². The Morgan fingerprint density at radius 2 is 1.41 bits per heavy atom. The van der Waals surface area contributed by atoms with Gasteiger partial charge in [0.15, 0.2) is 6.04 Å². The van der Waals surface area contributed by atoms with Gasteiger partial charge in [0.25, 0.3) is 0 Å². The van der Waals surface area contributed by atoms with Crippen LogP contribution in [0.5, 0.6) is 0 Å². The van der Waals surface area contributed by atoms with Crippen LogP contribution in [0.15, 0.2) is 78.9 Å². The summed E-state index contributed by atoms with van der Waals surface area (Å²) in [5.74, 6) is -1.91. The highest BCUT2D eigenvalue weighted by Gasteiger charge is 2.29. The molecule has 0 aromatic heterocycles. The van der Waals surface area contributed by atoms with Crippen LogP contribution in [0.25, 0.3) is 11.1 Å². The maximum Gasteiger partial charge on any atom is 0.407 e. The van der Waals surface area contributed by atoms with Crippen molar-refractivity contribution in [2.24, 2.45) is 0 Å². The minimum atomic E-state index is -1.20. The van der Waals surface area contributed by atoms with E-state index in [-0.39, 0.29) is 12.5 Å². The van der Waals surface area contributed by atoms with Gasteiger partial charge in [-0.2, -0.15) is 0 Å². The Morgan fingerprint density at radius 1 is 0.844 bits per heavy atom. The van der Waals surface area contributed by atoms with Crippen LogP contribution in [0.2, 0.25) is 0 Å². The summed E-state index contributed by atoms with van der Waals surface area (Å²) in [6.45, 7) is -0.267. The molecule has 32 heavy (non-hydrogen) atoms. The van der Waals surface area contributed by atoms with E-state index in [0.717, 1.165) is 22.3 Å². The lowest BCUT2D eigenvalue weighted by Crippen LogP contribution is -2.41. The Morgan fingerprint density at radius 3 is 2.00 bits per heavy atom. The van der Waals surface area contributed by atoms with Gasteiger partial charge in [-0.15, -0.1) is 0 Å². The van der Waals surface area contributed by atoms with Crippen molar-refractivity contribution in [3.8, 4) is 11.1 Å². The fraction of sp³-hybridized carbons (Fsp3) is 0.160. The number of carboxylic acid groups (broad SMARTS) is 1. The van der Waals surface area contributed by atoms with E-state index in [4.69, 9.17) is 4.74 Å². The lowest BCUT2D eigenvalue weighted by Gasteiger charge is -2.16. The van der Waals surface area contributed by atoms with Crippen LogP contribution in [0.3, 0.4) is 0 Å². The fourth-order valence-corrected chi connectivity index (χ4v) is 3.95. The third-order valence-corrected chi connectivity index (χ3v) is 5.42. The fourth-order valence-electron chi connectivity index (χ4n) is 3.95. The van der Waals surface area contributed by atoms with Gasteiger partial charge in [-0.25, -0.2) is 9.59 Å². The standard InChI is InChI=1S/C25H22N2O5/c28-22(27-23(24(29)30)16-8-2-1-3-9-16)14-26-25(31)32-15-21-19-12-6-4-10-17(19)18-11-5-7-13-20(18)21/h1-13,21,23H,14-15H2,(H,26,31)(H,27,28)(H,29,30). The molecular formula is C25H22N2O5. The first-order chi connectivity index (χ1) is 15.5. The number of hydrogen-bond donors (Lipinski definition) is 3. The summed E-state index contributed by atoms with van der Waals surface area (Å²) in [6, 6.07) is 23.1. The second-order valence-corrected chi connectivity index (χ2v) is 7.43.